The van der Waals surface area contributed by atoms with Crippen LogP contribution >= 0.6 is 0 Å². The van der Waals surface area contributed by atoms with E-state index in [0.29, 0.717) is 19.4 Å². The van der Waals surface area contributed by atoms with Crippen LogP contribution in [-0.4, -0.2) is 54.2 Å². The monoisotopic (exact) mass is 300 g/mol. The van der Waals surface area contributed by atoms with Crippen molar-refractivity contribution in [3.05, 3.63) is 0 Å². The van der Waals surface area contributed by atoms with Crippen molar-refractivity contribution < 1.29 is 24.2 Å². The number of carbonyl (C=O) groups is 3. The maximum Gasteiger partial charge on any atom is 0.325 e. The zero-order valence-electron chi connectivity index (χ0n) is 12.6. The molecule has 7 nitrogen and oxygen atoms in total. The summed E-state index contributed by atoms with van der Waals surface area (Å²) in [7, 11) is 1.26. The number of carbonyl (C=O) groups excluding carboxylic acids is 2. The van der Waals surface area contributed by atoms with Gasteiger partial charge in [-0.25, -0.2) is 4.79 Å². The average Bonchev–Trinajstić information content (AvgIpc) is 2.69. The lowest BCUT2D eigenvalue weighted by Gasteiger charge is -2.27. The maximum absolute atomic E-state index is 12.2. The van der Waals surface area contributed by atoms with E-state index >= 15 is 0 Å². The van der Waals surface area contributed by atoms with Gasteiger partial charge in [0.25, 0.3) is 0 Å². The largest absolute Gasteiger partial charge is 0.481 e. The Bertz CT molecular complexity index is 386. The summed E-state index contributed by atoms with van der Waals surface area (Å²) in [6.45, 7) is 1.97. The second-order valence-corrected chi connectivity index (χ2v) is 5.23. The van der Waals surface area contributed by atoms with Crippen molar-refractivity contribution in [2.45, 2.75) is 45.1 Å². The Labute approximate surface area is 124 Å². The van der Waals surface area contributed by atoms with Crippen LogP contribution in [0, 0.1) is 5.92 Å². The van der Waals surface area contributed by atoms with Crippen molar-refractivity contribution in [3.63, 3.8) is 0 Å². The second-order valence-electron chi connectivity index (χ2n) is 5.23. The predicted octanol–water partition coefficient (Wildman–Crippen LogP) is 1.22. The molecule has 0 aromatic rings. The van der Waals surface area contributed by atoms with Crippen LogP contribution in [0.2, 0.25) is 0 Å². The lowest BCUT2D eigenvalue weighted by atomic mass is 9.95. The number of aliphatic carboxylic acids is 1. The predicted molar refractivity (Wildman–Crippen MR) is 75.8 cm³/mol. The van der Waals surface area contributed by atoms with Crippen molar-refractivity contribution in [3.8, 4) is 0 Å². The van der Waals surface area contributed by atoms with Crippen LogP contribution in [-0.2, 0) is 14.3 Å². The highest BCUT2D eigenvalue weighted by Gasteiger charge is 2.31. The summed E-state index contributed by atoms with van der Waals surface area (Å²) < 4.78 is 4.55. The van der Waals surface area contributed by atoms with Gasteiger partial charge in [0.05, 0.1) is 13.0 Å². The minimum Gasteiger partial charge on any atom is -0.481 e. The number of carboxylic acids is 1. The normalized spacial score (nSPS) is 22.0. The van der Waals surface area contributed by atoms with E-state index in [4.69, 9.17) is 0 Å². The van der Waals surface area contributed by atoms with E-state index in [2.05, 4.69) is 10.1 Å². The van der Waals surface area contributed by atoms with Crippen LogP contribution in [0.3, 0.4) is 0 Å². The Kier molecular flexibility index (Phi) is 6.98. The molecule has 2 atom stereocenters. The first kappa shape index (κ1) is 17.3. The smallest absolute Gasteiger partial charge is 0.325 e. The Morgan fingerprint density at radius 2 is 1.90 bits per heavy atom. The molecule has 0 radical (unpaired) electrons. The number of hydrogen-bond donors (Lipinski definition) is 2. The summed E-state index contributed by atoms with van der Waals surface area (Å²) in [6.07, 6.45) is 3.97. The molecule has 1 aliphatic carbocycles. The number of nitrogens with one attached hydrogen (secondary N) is 1. The van der Waals surface area contributed by atoms with Gasteiger partial charge < -0.3 is 20.1 Å². The minimum atomic E-state index is -0.877. The third kappa shape index (κ3) is 5.24. The minimum absolute atomic E-state index is 0.136. The molecule has 0 spiro atoms. The summed E-state index contributed by atoms with van der Waals surface area (Å²) in [5, 5.41) is 12.1. The molecule has 0 heterocycles. The van der Waals surface area contributed by atoms with Gasteiger partial charge in [0.2, 0.25) is 0 Å². The number of esters is 1. The number of nitrogens with zero attached hydrogens (tertiary/aromatic N) is 1. The number of methoxy groups -OCH3 is 1. The fraction of sp³-hybridized carbons (Fsp3) is 0.786. The number of likely N-dealkylation sites (N-methyl/N-ethyl adjacent to an activating group) is 1. The van der Waals surface area contributed by atoms with Gasteiger partial charge in [-0.05, 0) is 19.8 Å². The molecule has 0 aromatic heterocycles. The zero-order valence-corrected chi connectivity index (χ0v) is 12.6. The molecule has 0 aromatic carbocycles. The number of urea groups is 1. The van der Waals surface area contributed by atoms with E-state index in [1.165, 1.54) is 12.0 Å². The van der Waals surface area contributed by atoms with Crippen molar-refractivity contribution in [1.29, 1.82) is 0 Å². The highest BCUT2D eigenvalue weighted by Crippen LogP contribution is 2.24. The summed E-state index contributed by atoms with van der Waals surface area (Å²) in [5.74, 6) is -1.94. The zero-order chi connectivity index (χ0) is 15.8. The SMILES string of the molecule is CCN(CC(=O)OC)C(=O)NC1CCCCCC1C(=O)O. The molecule has 0 saturated heterocycles. The van der Waals surface area contributed by atoms with Gasteiger partial charge in [-0.3, -0.25) is 9.59 Å². The fourth-order valence-corrected chi connectivity index (χ4v) is 2.57. The number of amides is 2. The molecule has 1 rings (SSSR count). The van der Waals surface area contributed by atoms with E-state index in [9.17, 15) is 19.5 Å². The van der Waals surface area contributed by atoms with E-state index in [1.54, 1.807) is 6.92 Å². The van der Waals surface area contributed by atoms with Crippen LogP contribution in [0.1, 0.15) is 39.0 Å². The highest BCUT2D eigenvalue weighted by molar-refractivity contribution is 5.81. The molecule has 120 valence electrons. The number of rotatable bonds is 5. The van der Waals surface area contributed by atoms with Crippen LogP contribution < -0.4 is 5.32 Å². The van der Waals surface area contributed by atoms with Crippen LogP contribution in [0.25, 0.3) is 0 Å². The molecule has 1 fully saturated rings. The lowest BCUT2D eigenvalue weighted by Crippen LogP contribution is -2.50. The quantitative estimate of drug-likeness (QED) is 0.588. The number of carboxylic acid groups (broad SMARTS) is 1. The van der Waals surface area contributed by atoms with Gasteiger partial charge in [-0.2, -0.15) is 0 Å². The fourth-order valence-electron chi connectivity index (χ4n) is 2.57. The second kappa shape index (κ2) is 8.49. The molecule has 2 N–H and O–H groups in total. The van der Waals surface area contributed by atoms with Gasteiger partial charge in [0.15, 0.2) is 0 Å². The van der Waals surface area contributed by atoms with Crippen LogP contribution in [0.15, 0.2) is 0 Å². The molecule has 1 aliphatic rings. The first-order valence-corrected chi connectivity index (χ1v) is 7.34. The van der Waals surface area contributed by atoms with Gasteiger partial charge >= 0.3 is 18.0 Å². The van der Waals surface area contributed by atoms with Gasteiger partial charge in [-0.1, -0.05) is 19.3 Å². The van der Waals surface area contributed by atoms with Gasteiger partial charge in [-0.15, -0.1) is 0 Å². The molecule has 0 aliphatic heterocycles. The topological polar surface area (TPSA) is 95.9 Å². The van der Waals surface area contributed by atoms with Crippen molar-refractivity contribution in [1.82, 2.24) is 10.2 Å². The van der Waals surface area contributed by atoms with Crippen molar-refractivity contribution >= 4 is 18.0 Å². The summed E-state index contributed by atoms with van der Waals surface area (Å²) in [4.78, 5) is 36.1. The number of hydrogen-bond acceptors (Lipinski definition) is 4. The third-order valence-corrected chi connectivity index (χ3v) is 3.86. The molecule has 7 heteroatoms. The molecular formula is C14H24N2O5. The first-order valence-electron chi connectivity index (χ1n) is 7.34. The Morgan fingerprint density at radius 1 is 1.24 bits per heavy atom. The highest BCUT2D eigenvalue weighted by atomic mass is 16.5. The Hall–Kier alpha value is -1.79. The summed E-state index contributed by atoms with van der Waals surface area (Å²) in [6, 6.07) is -0.801. The van der Waals surface area contributed by atoms with E-state index < -0.39 is 23.9 Å². The Balaban J connectivity index is 2.68. The van der Waals surface area contributed by atoms with E-state index in [-0.39, 0.29) is 12.6 Å². The van der Waals surface area contributed by atoms with Gasteiger partial charge in [0, 0.05) is 12.6 Å². The van der Waals surface area contributed by atoms with Crippen LogP contribution in [0.5, 0.6) is 0 Å². The van der Waals surface area contributed by atoms with Crippen LogP contribution in [0.4, 0.5) is 4.79 Å². The molecular weight excluding hydrogens is 276 g/mol. The van der Waals surface area contributed by atoms with Gasteiger partial charge in [0.1, 0.15) is 6.54 Å². The average molecular weight is 300 g/mol. The summed E-state index contributed by atoms with van der Waals surface area (Å²) >= 11 is 0. The first-order chi connectivity index (χ1) is 9.99. The lowest BCUT2D eigenvalue weighted by molar-refractivity contribution is -0.143. The van der Waals surface area contributed by atoms with Crippen molar-refractivity contribution in [2.24, 2.45) is 5.92 Å². The molecule has 1 saturated carbocycles. The van der Waals surface area contributed by atoms with E-state index in [0.717, 1.165) is 19.3 Å². The maximum atomic E-state index is 12.2. The molecule has 2 unspecified atom stereocenters. The third-order valence-electron chi connectivity index (χ3n) is 3.86. The van der Waals surface area contributed by atoms with Crippen molar-refractivity contribution in [2.75, 3.05) is 20.2 Å². The Morgan fingerprint density at radius 3 is 2.48 bits per heavy atom. The van der Waals surface area contributed by atoms with E-state index in [1.807, 2.05) is 0 Å². The molecule has 0 bridgehead atoms. The standard InChI is InChI=1S/C14H24N2O5/c1-3-16(9-12(17)21-2)14(20)15-11-8-6-4-5-7-10(11)13(18)19/h10-11H,3-9H2,1-2H3,(H,15,20)(H,18,19). The molecule has 2 amide bonds. The number of ether oxygens (including phenoxy) is 1. The summed E-state index contributed by atoms with van der Waals surface area (Å²) in [5.41, 5.74) is 0. The molecule has 21 heavy (non-hydrogen) atoms.